The summed E-state index contributed by atoms with van der Waals surface area (Å²) in [6.45, 7) is 0. The third-order valence-corrected chi connectivity index (χ3v) is 0. The average molecular weight is 317 g/mol. The predicted molar refractivity (Wildman–Crippen MR) is 29.5 cm³/mol. The van der Waals surface area contributed by atoms with E-state index in [1.807, 2.05) is 0 Å². The first kappa shape index (κ1) is 6.07. The summed E-state index contributed by atoms with van der Waals surface area (Å²) in [4.78, 5) is 0. The van der Waals surface area contributed by atoms with Gasteiger partial charge in [-0.25, -0.2) is 0 Å². The van der Waals surface area contributed by atoms with Crippen molar-refractivity contribution >= 4 is 48.6 Å². The van der Waals surface area contributed by atoms with Crippen molar-refractivity contribution in [2.75, 3.05) is 0 Å². The Morgan fingerprint density at radius 3 is 1.50 bits per heavy atom. The van der Waals surface area contributed by atoms with Gasteiger partial charge in [-0.15, -0.1) is 0 Å². The van der Waals surface area contributed by atoms with E-state index in [0.717, 1.165) is 0 Å². The Labute approximate surface area is 47.9 Å². The molecule has 0 rings (SSSR count). The third-order valence-electron chi connectivity index (χ3n) is 0. The van der Waals surface area contributed by atoms with Crippen molar-refractivity contribution in [3.8, 4) is 0 Å². The summed E-state index contributed by atoms with van der Waals surface area (Å²) in [7, 11) is 5.29. The molecular formula is Br2ClSb. The molecule has 26 valence electrons. The van der Waals surface area contributed by atoms with E-state index < -0.39 is 14.6 Å². The van der Waals surface area contributed by atoms with Crippen LogP contribution < -0.4 is 0 Å². The Kier molecular flexibility index (Phi) is 4.95. The molecule has 0 saturated carbocycles. The molecule has 0 aromatic carbocycles. The summed E-state index contributed by atoms with van der Waals surface area (Å²) in [6.07, 6.45) is 0. The average Bonchev–Trinajstić information content (AvgIpc) is 0.811. The first-order valence-electron chi connectivity index (χ1n) is 0.507. The Hall–Kier alpha value is 2.07. The van der Waals surface area contributed by atoms with E-state index in [1.54, 1.807) is 0 Å². The van der Waals surface area contributed by atoms with Crippen LogP contribution in [0.15, 0.2) is 0 Å². The van der Waals surface area contributed by atoms with Crippen LogP contribution in [0.4, 0.5) is 0 Å². The third kappa shape index (κ3) is 8.95. The maximum absolute atomic E-state index is 5.29. The van der Waals surface area contributed by atoms with Crippen LogP contribution in [-0.2, 0) is 0 Å². The Morgan fingerprint density at radius 1 is 1.50 bits per heavy atom. The zero-order valence-electron chi connectivity index (χ0n) is 1.58. The van der Waals surface area contributed by atoms with Gasteiger partial charge in [0.25, 0.3) is 0 Å². The minimum atomic E-state index is -1.35. The first-order valence-corrected chi connectivity index (χ1v) is 15.2. The molecule has 0 N–H and O–H groups in total. The minimum absolute atomic E-state index is 1.35. The second-order valence-corrected chi connectivity index (χ2v) is 24.9. The fourth-order valence-corrected chi connectivity index (χ4v) is 0. The molecular weight excluding hydrogens is 317 g/mol. The molecule has 0 nitrogen and oxygen atoms in total. The van der Waals surface area contributed by atoms with Gasteiger partial charge in [-0.1, -0.05) is 0 Å². The molecule has 0 aliphatic rings. The summed E-state index contributed by atoms with van der Waals surface area (Å²) >= 11 is 4.92. The van der Waals surface area contributed by atoms with E-state index in [1.165, 1.54) is 0 Å². The number of hydrogen-bond acceptors (Lipinski definition) is 0. The summed E-state index contributed by atoms with van der Waals surface area (Å²) < 4.78 is 0. The van der Waals surface area contributed by atoms with Gasteiger partial charge >= 0.3 is 48.6 Å². The van der Waals surface area contributed by atoms with Crippen molar-refractivity contribution in [3.63, 3.8) is 0 Å². The molecule has 4 heavy (non-hydrogen) atoms. The van der Waals surface area contributed by atoms with Gasteiger partial charge in [0.2, 0.25) is 0 Å². The molecule has 0 aromatic heterocycles. The van der Waals surface area contributed by atoms with E-state index in [9.17, 15) is 0 Å². The van der Waals surface area contributed by atoms with Gasteiger partial charge in [0, 0.05) is 0 Å². The van der Waals surface area contributed by atoms with Crippen molar-refractivity contribution in [1.82, 2.24) is 0 Å². The zero-order chi connectivity index (χ0) is 3.58. The molecule has 0 aliphatic heterocycles. The summed E-state index contributed by atoms with van der Waals surface area (Å²) in [5.41, 5.74) is 0. The summed E-state index contributed by atoms with van der Waals surface area (Å²) in [6, 6.07) is 0. The van der Waals surface area contributed by atoms with Crippen LogP contribution >= 0.6 is 34.0 Å². The molecule has 0 spiro atoms. The van der Waals surface area contributed by atoms with Crippen molar-refractivity contribution in [2.45, 2.75) is 0 Å². The Bertz CT molecular complexity index is 10.8. The number of hydrogen-bond donors (Lipinski definition) is 0. The standard InChI is InChI=1S/2BrH.ClH.Sb/h3*1H;/q;;;+3/p-3. The fraction of sp³-hybridized carbons (Fsp3) is 0. The van der Waals surface area contributed by atoms with E-state index in [2.05, 4.69) is 25.2 Å². The maximum atomic E-state index is 5.29. The molecule has 0 saturated heterocycles. The van der Waals surface area contributed by atoms with Gasteiger partial charge in [-0.05, 0) is 0 Å². The first-order chi connectivity index (χ1) is 1.73. The molecule has 4 heteroatoms. The SMILES string of the molecule is [Cl][Sb]([Br])[Br]. The van der Waals surface area contributed by atoms with Crippen molar-refractivity contribution < 1.29 is 0 Å². The summed E-state index contributed by atoms with van der Waals surface area (Å²) in [5.74, 6) is 0. The Balaban J connectivity index is 2.32. The quantitative estimate of drug-likeness (QED) is 0.600. The number of halogens is 3. The van der Waals surface area contributed by atoms with E-state index in [-0.39, 0.29) is 0 Å². The topological polar surface area (TPSA) is 0 Å². The van der Waals surface area contributed by atoms with Crippen molar-refractivity contribution in [1.29, 1.82) is 0 Å². The summed E-state index contributed by atoms with van der Waals surface area (Å²) in [5, 5.41) is 0. The molecule has 0 heterocycles. The van der Waals surface area contributed by atoms with Crippen LogP contribution in [0.3, 0.4) is 0 Å². The molecule has 0 atom stereocenters. The van der Waals surface area contributed by atoms with Gasteiger partial charge in [0.05, 0.1) is 0 Å². The molecule has 0 radical (unpaired) electrons. The zero-order valence-corrected chi connectivity index (χ0v) is 8.06. The van der Waals surface area contributed by atoms with Gasteiger partial charge in [0.1, 0.15) is 0 Å². The second-order valence-electron chi connectivity index (χ2n) is 0.192. The van der Waals surface area contributed by atoms with Crippen molar-refractivity contribution in [2.24, 2.45) is 0 Å². The van der Waals surface area contributed by atoms with Crippen LogP contribution in [0.25, 0.3) is 0 Å². The molecule has 0 unspecified atom stereocenters. The second kappa shape index (κ2) is 3.27. The Morgan fingerprint density at radius 2 is 1.50 bits per heavy atom. The van der Waals surface area contributed by atoms with Crippen LogP contribution in [0.5, 0.6) is 0 Å². The van der Waals surface area contributed by atoms with Crippen LogP contribution in [0.1, 0.15) is 0 Å². The van der Waals surface area contributed by atoms with Crippen molar-refractivity contribution in [3.05, 3.63) is 0 Å². The van der Waals surface area contributed by atoms with Gasteiger partial charge in [-0.2, -0.15) is 0 Å². The fourth-order valence-electron chi connectivity index (χ4n) is 0. The van der Waals surface area contributed by atoms with Crippen LogP contribution in [0.2, 0.25) is 0 Å². The molecule has 0 fully saturated rings. The van der Waals surface area contributed by atoms with Gasteiger partial charge in [-0.3, -0.25) is 0 Å². The number of rotatable bonds is 0. The van der Waals surface area contributed by atoms with E-state index in [0.29, 0.717) is 0 Å². The van der Waals surface area contributed by atoms with Crippen LogP contribution in [0, 0.1) is 0 Å². The van der Waals surface area contributed by atoms with E-state index in [4.69, 9.17) is 8.83 Å². The molecule has 0 aliphatic carbocycles. The van der Waals surface area contributed by atoms with E-state index >= 15 is 0 Å². The van der Waals surface area contributed by atoms with Gasteiger partial charge < -0.3 is 0 Å². The monoisotopic (exact) mass is 314 g/mol. The molecule has 0 bridgehead atoms. The van der Waals surface area contributed by atoms with Crippen LogP contribution in [-0.4, -0.2) is 14.6 Å². The normalized spacial score (nSPS) is 9.00. The predicted octanol–water partition coefficient (Wildman–Crippen LogP) is 2.00. The molecule has 0 amide bonds. The molecule has 0 aromatic rings. The van der Waals surface area contributed by atoms with Gasteiger partial charge in [0.15, 0.2) is 0 Å².